The summed E-state index contributed by atoms with van der Waals surface area (Å²) in [6.07, 6.45) is 2.16. The average molecular weight is 180 g/mol. The lowest BCUT2D eigenvalue weighted by Gasteiger charge is -2.08. The summed E-state index contributed by atoms with van der Waals surface area (Å²) in [5.41, 5.74) is 0. The van der Waals surface area contributed by atoms with Gasteiger partial charge in [0, 0.05) is 19.6 Å². The van der Waals surface area contributed by atoms with Crippen molar-refractivity contribution >= 4 is 11.2 Å². The summed E-state index contributed by atoms with van der Waals surface area (Å²) in [4.78, 5) is 0. The molecule has 11 heavy (non-hydrogen) atoms. The lowest BCUT2D eigenvalue weighted by Crippen LogP contribution is -2.12. The fourth-order valence-corrected chi connectivity index (χ4v) is 1.88. The Morgan fingerprint density at radius 1 is 0.909 bits per heavy atom. The number of aliphatic hydroxyl groups excluding tert-OH is 2. The van der Waals surface area contributed by atoms with Crippen LogP contribution < -0.4 is 0 Å². The summed E-state index contributed by atoms with van der Waals surface area (Å²) in [7, 11) is 0. The molecule has 0 bridgehead atoms. The number of unbranched alkanes of at least 4 members (excludes halogenated alkanes) is 1. The molecule has 0 aliphatic rings. The molecule has 0 aliphatic heterocycles. The van der Waals surface area contributed by atoms with Crippen LogP contribution in [0.4, 0.5) is 0 Å². The fourth-order valence-electron chi connectivity index (χ4n) is 0.702. The topological polar surface area (TPSA) is 63.5 Å². The molecule has 0 aromatic heterocycles. The fraction of sp³-hybridized carbons (Fsp3) is 1.00. The van der Waals surface area contributed by atoms with Crippen molar-refractivity contribution in [2.75, 3.05) is 24.7 Å². The molecule has 0 rings (SSSR count). The van der Waals surface area contributed by atoms with Crippen molar-refractivity contribution in [3.8, 4) is 0 Å². The van der Waals surface area contributed by atoms with E-state index in [4.69, 9.17) is 10.2 Å². The SMILES string of the molecule is [O-][S+](CCCO)CCCCO. The average Bonchev–Trinajstić information content (AvgIpc) is 2.01. The molecule has 0 aromatic rings. The van der Waals surface area contributed by atoms with Gasteiger partial charge in [0.25, 0.3) is 0 Å². The van der Waals surface area contributed by atoms with E-state index < -0.39 is 11.2 Å². The first-order valence-corrected chi connectivity index (χ1v) is 5.36. The molecule has 4 heteroatoms. The summed E-state index contributed by atoms with van der Waals surface area (Å²) in [5, 5.41) is 16.8. The van der Waals surface area contributed by atoms with Crippen LogP contribution in [0, 0.1) is 0 Å². The number of aliphatic hydroxyl groups is 2. The lowest BCUT2D eigenvalue weighted by molar-refractivity contribution is 0.287. The van der Waals surface area contributed by atoms with Crippen molar-refractivity contribution < 1.29 is 14.8 Å². The number of hydrogen-bond acceptors (Lipinski definition) is 3. The van der Waals surface area contributed by atoms with Crippen LogP contribution in [0.5, 0.6) is 0 Å². The quantitative estimate of drug-likeness (QED) is 0.424. The Morgan fingerprint density at radius 2 is 1.45 bits per heavy atom. The van der Waals surface area contributed by atoms with Gasteiger partial charge in [-0.1, -0.05) is 11.2 Å². The van der Waals surface area contributed by atoms with E-state index >= 15 is 0 Å². The van der Waals surface area contributed by atoms with Crippen molar-refractivity contribution in [2.45, 2.75) is 19.3 Å². The van der Waals surface area contributed by atoms with Gasteiger partial charge < -0.3 is 14.8 Å². The molecule has 0 heterocycles. The third kappa shape index (κ3) is 8.13. The van der Waals surface area contributed by atoms with Gasteiger partial charge in [-0.2, -0.15) is 0 Å². The standard InChI is InChI=1S/C7H16O3S/c8-4-1-2-6-11(10)7-3-5-9/h8-9H,1-7H2. The highest BCUT2D eigenvalue weighted by atomic mass is 32.2. The van der Waals surface area contributed by atoms with Crippen LogP contribution in [0.25, 0.3) is 0 Å². The first-order valence-electron chi connectivity index (χ1n) is 3.88. The highest BCUT2D eigenvalue weighted by Gasteiger charge is 2.03. The van der Waals surface area contributed by atoms with Crippen molar-refractivity contribution in [3.05, 3.63) is 0 Å². The van der Waals surface area contributed by atoms with Crippen molar-refractivity contribution in [1.29, 1.82) is 0 Å². The molecule has 0 saturated carbocycles. The van der Waals surface area contributed by atoms with Crippen LogP contribution in [-0.4, -0.2) is 39.5 Å². The van der Waals surface area contributed by atoms with E-state index in [0.717, 1.165) is 12.8 Å². The Morgan fingerprint density at radius 3 is 2.00 bits per heavy atom. The molecule has 0 fully saturated rings. The summed E-state index contributed by atoms with van der Waals surface area (Å²) >= 11 is -0.792. The summed E-state index contributed by atoms with van der Waals surface area (Å²) in [6.45, 7) is 0.295. The highest BCUT2D eigenvalue weighted by Crippen LogP contribution is 1.98. The normalized spacial score (nSPS) is 13.4. The second kappa shape index (κ2) is 8.33. The second-order valence-corrected chi connectivity index (χ2v) is 4.05. The monoisotopic (exact) mass is 180 g/mol. The third-order valence-corrected chi connectivity index (χ3v) is 2.80. The van der Waals surface area contributed by atoms with E-state index in [-0.39, 0.29) is 13.2 Å². The molecule has 2 N–H and O–H groups in total. The van der Waals surface area contributed by atoms with E-state index in [1.807, 2.05) is 0 Å². The zero-order chi connectivity index (χ0) is 8.53. The molecule has 0 radical (unpaired) electrons. The predicted octanol–water partition coefficient (Wildman–Crippen LogP) is -0.110. The van der Waals surface area contributed by atoms with Gasteiger partial charge >= 0.3 is 0 Å². The molecule has 0 amide bonds. The van der Waals surface area contributed by atoms with Crippen LogP contribution in [0.15, 0.2) is 0 Å². The van der Waals surface area contributed by atoms with Gasteiger partial charge in [-0.15, -0.1) is 0 Å². The number of rotatable bonds is 7. The first-order chi connectivity index (χ1) is 5.31. The zero-order valence-corrected chi connectivity index (χ0v) is 7.48. The molecule has 68 valence electrons. The Labute approximate surface area is 70.6 Å². The summed E-state index contributed by atoms with van der Waals surface area (Å²) < 4.78 is 11.0. The Bertz CT molecular complexity index is 80.1. The van der Waals surface area contributed by atoms with Crippen molar-refractivity contribution in [1.82, 2.24) is 0 Å². The Balaban J connectivity index is 3.02. The van der Waals surface area contributed by atoms with Gasteiger partial charge in [0.1, 0.15) is 11.5 Å². The molecular weight excluding hydrogens is 164 g/mol. The predicted molar refractivity (Wildman–Crippen MR) is 45.9 cm³/mol. The Kier molecular flexibility index (Phi) is 8.50. The van der Waals surface area contributed by atoms with E-state index in [9.17, 15) is 4.55 Å². The molecule has 1 unspecified atom stereocenters. The zero-order valence-electron chi connectivity index (χ0n) is 6.66. The van der Waals surface area contributed by atoms with Gasteiger partial charge in [-0.05, 0) is 12.8 Å². The molecule has 0 spiro atoms. The maximum Gasteiger partial charge on any atom is 0.107 e. The minimum atomic E-state index is -0.792. The lowest BCUT2D eigenvalue weighted by atomic mass is 10.4. The van der Waals surface area contributed by atoms with Gasteiger partial charge in [-0.3, -0.25) is 0 Å². The smallest absolute Gasteiger partial charge is 0.107 e. The van der Waals surface area contributed by atoms with Crippen LogP contribution in [-0.2, 0) is 11.2 Å². The highest BCUT2D eigenvalue weighted by molar-refractivity contribution is 7.91. The van der Waals surface area contributed by atoms with Gasteiger partial charge in [0.15, 0.2) is 0 Å². The Hall–Kier alpha value is 0.230. The van der Waals surface area contributed by atoms with Crippen LogP contribution in [0.1, 0.15) is 19.3 Å². The van der Waals surface area contributed by atoms with Gasteiger partial charge in [-0.25, -0.2) is 0 Å². The van der Waals surface area contributed by atoms with E-state index in [1.165, 1.54) is 0 Å². The van der Waals surface area contributed by atoms with Gasteiger partial charge in [0.05, 0.1) is 0 Å². The maximum atomic E-state index is 11.0. The van der Waals surface area contributed by atoms with Gasteiger partial charge in [0.2, 0.25) is 0 Å². The van der Waals surface area contributed by atoms with Crippen LogP contribution >= 0.6 is 0 Å². The molecule has 0 aliphatic carbocycles. The first kappa shape index (κ1) is 11.2. The van der Waals surface area contributed by atoms with Crippen molar-refractivity contribution in [3.63, 3.8) is 0 Å². The minimum Gasteiger partial charge on any atom is -0.616 e. The molecule has 0 saturated heterocycles. The molecule has 1 atom stereocenters. The third-order valence-electron chi connectivity index (χ3n) is 1.31. The molecule has 0 aromatic carbocycles. The van der Waals surface area contributed by atoms with E-state index in [1.54, 1.807) is 0 Å². The van der Waals surface area contributed by atoms with E-state index in [2.05, 4.69) is 0 Å². The van der Waals surface area contributed by atoms with Crippen molar-refractivity contribution in [2.24, 2.45) is 0 Å². The summed E-state index contributed by atoms with van der Waals surface area (Å²) in [5.74, 6) is 1.24. The molecule has 3 nitrogen and oxygen atoms in total. The van der Waals surface area contributed by atoms with Crippen LogP contribution in [0.2, 0.25) is 0 Å². The van der Waals surface area contributed by atoms with Crippen LogP contribution in [0.3, 0.4) is 0 Å². The number of hydrogen-bond donors (Lipinski definition) is 2. The van der Waals surface area contributed by atoms with E-state index in [0.29, 0.717) is 17.9 Å². The maximum absolute atomic E-state index is 11.0. The molecular formula is C7H16O3S. The largest absolute Gasteiger partial charge is 0.616 e. The summed E-state index contributed by atoms with van der Waals surface area (Å²) in [6, 6.07) is 0. The minimum absolute atomic E-state index is 0.117. The second-order valence-electron chi connectivity index (χ2n) is 2.36.